The van der Waals surface area contributed by atoms with Gasteiger partial charge in [-0.15, -0.1) is 0 Å². The Bertz CT molecular complexity index is 4070. The lowest BCUT2D eigenvalue weighted by atomic mass is 9.94. The monoisotopic (exact) mass is 2210 g/mol. The summed E-state index contributed by atoms with van der Waals surface area (Å²) >= 11 is 0. The van der Waals surface area contributed by atoms with Gasteiger partial charge in [0.15, 0.2) is 81.8 Å². The molecule has 41 N–H and O–H groups in total. The van der Waals surface area contributed by atoms with Crippen LogP contribution < -0.4 is 10.6 Å². The van der Waals surface area contributed by atoms with Crippen molar-refractivity contribution in [3.05, 3.63) is 0 Å². The van der Waals surface area contributed by atoms with Gasteiger partial charge in [0.05, 0.1) is 85.9 Å². The summed E-state index contributed by atoms with van der Waals surface area (Å²) in [4.78, 5) is 25.7. The van der Waals surface area contributed by atoms with Crippen molar-refractivity contribution in [1.29, 1.82) is 0 Å². The van der Waals surface area contributed by atoms with Crippen LogP contribution in [0.2, 0.25) is 0 Å². The number of carbonyl (C=O) groups is 2. The molecule has 0 aromatic carbocycles. The van der Waals surface area contributed by atoms with Crippen molar-refractivity contribution in [2.75, 3.05) is 85.9 Å². The minimum absolute atomic E-state index is 0.864. The Balaban J connectivity index is 0.888. The van der Waals surface area contributed by atoms with Gasteiger partial charge in [0.25, 0.3) is 0 Å². The van der Waals surface area contributed by atoms with E-state index >= 15 is 0 Å². The second-order valence-corrected chi connectivity index (χ2v) is 38.0. The van der Waals surface area contributed by atoms with Crippen LogP contribution in [0.25, 0.3) is 0 Å². The van der Waals surface area contributed by atoms with E-state index in [1.807, 2.05) is 0 Å². The molecule has 13 aliphatic rings. The minimum atomic E-state index is -2.88. The van der Waals surface area contributed by atoms with Crippen LogP contribution in [0.3, 0.4) is 0 Å². The van der Waals surface area contributed by atoms with Crippen LogP contribution in [-0.2, 0) is 128 Å². The van der Waals surface area contributed by atoms with Crippen molar-refractivity contribution in [2.45, 2.75) is 413 Å². The summed E-state index contributed by atoms with van der Waals surface area (Å²) < 4.78 is 148. The Morgan fingerprint density at radius 2 is 0.367 bits per heavy atom. The van der Waals surface area contributed by atoms with E-state index in [9.17, 15) is 209 Å². The number of aliphatic hydroxyl groups is 39. The van der Waals surface area contributed by atoms with Crippen molar-refractivity contribution < 1.29 is 327 Å². The van der Waals surface area contributed by atoms with Crippen molar-refractivity contribution in [2.24, 2.45) is 0 Å². The Hall–Kier alpha value is -3.62. The second kappa shape index (κ2) is 53.8. The lowest BCUT2D eigenvalue weighted by Gasteiger charge is -2.51. The van der Waals surface area contributed by atoms with E-state index in [0.29, 0.717) is 0 Å². The van der Waals surface area contributed by atoms with E-state index in [-0.39, 0.29) is 0 Å². The first kappa shape index (κ1) is 123. The summed E-state index contributed by atoms with van der Waals surface area (Å²) in [6.07, 6.45) is -144. The average molecular weight is 2210 g/mol. The van der Waals surface area contributed by atoms with E-state index < -0.39 is 497 Å². The van der Waals surface area contributed by atoms with Crippen LogP contribution in [0.15, 0.2) is 0 Å². The summed E-state index contributed by atoms with van der Waals surface area (Å²) in [5, 5.41) is 444. The molecule has 0 bridgehead atoms. The maximum Gasteiger partial charge on any atom is 0.217 e. The molecule has 13 fully saturated rings. The van der Waals surface area contributed by atoms with Gasteiger partial charge in [-0.3, -0.25) is 9.59 Å². The largest absolute Gasteiger partial charge is 0.394 e. The topological polar surface area (TPSA) is 1080 Å². The number of hydrogen-bond donors (Lipinski definition) is 41. The molecule has 2 amide bonds. The predicted octanol–water partition coefficient (Wildman–Crippen LogP) is -29.0. The molecule has 150 heavy (non-hydrogen) atoms. The number of hydrogen-bond acceptors (Lipinski definition) is 66. The zero-order chi connectivity index (χ0) is 110. The zero-order valence-corrected chi connectivity index (χ0v) is 79.2. The van der Waals surface area contributed by atoms with Crippen molar-refractivity contribution in [3.8, 4) is 0 Å². The Kier molecular flexibility index (Phi) is 44.2. The van der Waals surface area contributed by atoms with Crippen LogP contribution in [0, 0.1) is 0 Å². The molecule has 1 unspecified atom stereocenters. The highest BCUT2D eigenvalue weighted by atomic mass is 16.8. The van der Waals surface area contributed by atoms with Gasteiger partial charge in [0.2, 0.25) is 11.8 Å². The third kappa shape index (κ3) is 26.4. The highest BCUT2D eigenvalue weighted by Crippen LogP contribution is 2.43. The highest BCUT2D eigenvalue weighted by molar-refractivity contribution is 5.73. The average Bonchev–Trinajstić information content (AvgIpc) is 0.674. The number of amides is 2. The number of ether oxygens (including phenoxy) is 25. The fourth-order valence-corrected chi connectivity index (χ4v) is 19.3. The van der Waals surface area contributed by atoms with Crippen LogP contribution >= 0.6 is 0 Å². The zero-order valence-electron chi connectivity index (χ0n) is 79.2. The fraction of sp³-hybridized carbons (Fsp3) is 0.976. The SMILES string of the molecule is CC(=O)N[C@H]1[C@H](O[C@H]2[C@H](O)[C@@H](NC(C)=O)C(O)O[C@@H]2CO)O[C@H](CO)[C@@H](O[C@@H]2O[C@H](CO[C@H]3O[C@H](CO[C@H]4O[C@H](CO)[C@@H](O)[C@H](O)[C@@H]4O[C@H]4O[C@H](CO)[C@@H](O)[C@H](O)[C@@H]4O)[C@@H](O)[C@H](O[C@H]4O[C@H](CO)[C@@H](O)[C@H](O)[C@@H]4O)[C@@H]3O)[C@@H](O)[C@H](O[C@H]3O[C@H](CO[C@H]4O[C@H](CO)[C@@H](O)[C@H](O)[C@@H]4O[C@H]4O[C@H](CO)[C@@H](O)[C@H](O)[C@@H]4O)[C@@H](O)[C@H](O)[C@@H]3O[C@H]3O[C@H](CO)[C@@H](O)[C@H](O)[C@@H]3O[C@H]3O[C@H](CO)[C@@H](O)[C@H](O[C@H]4O[C@H](CO)[C@@H](O)[C@H](O)[C@@H]4O)[C@@H]3O)[C@@H]2O)[C@@H]1O. The van der Waals surface area contributed by atoms with Crippen LogP contribution in [0.4, 0.5) is 0 Å². The minimum Gasteiger partial charge on any atom is -0.394 e. The number of aliphatic hydroxyl groups excluding tert-OH is 39. The van der Waals surface area contributed by atoms with Gasteiger partial charge in [-0.05, 0) is 0 Å². The molecule has 13 aliphatic heterocycles. The van der Waals surface area contributed by atoms with E-state index in [4.69, 9.17) is 118 Å². The highest BCUT2D eigenvalue weighted by Gasteiger charge is 2.64. The molecule has 13 rings (SSSR count). The van der Waals surface area contributed by atoms with Crippen molar-refractivity contribution >= 4 is 11.8 Å². The van der Waals surface area contributed by atoms with E-state index in [2.05, 4.69) is 10.6 Å². The lowest BCUT2D eigenvalue weighted by molar-refractivity contribution is -0.413. The van der Waals surface area contributed by atoms with Gasteiger partial charge in [-0.2, -0.15) is 0 Å². The third-order valence-electron chi connectivity index (χ3n) is 28.0. The molecule has 68 heteroatoms. The first-order valence-corrected chi connectivity index (χ1v) is 47.7. The van der Waals surface area contributed by atoms with Crippen LogP contribution in [0.1, 0.15) is 13.8 Å². The summed E-state index contributed by atoms with van der Waals surface area (Å²) in [6, 6.07) is -3.86. The summed E-state index contributed by atoms with van der Waals surface area (Å²) in [7, 11) is 0. The Labute approximate surface area is 845 Å². The number of rotatable bonds is 39. The maximum absolute atomic E-state index is 13.3. The van der Waals surface area contributed by atoms with Crippen molar-refractivity contribution in [3.63, 3.8) is 0 Å². The molecule has 0 aliphatic carbocycles. The second-order valence-electron chi connectivity index (χ2n) is 38.0. The molecule has 13 heterocycles. The summed E-state index contributed by atoms with van der Waals surface area (Å²) in [5.41, 5.74) is 0. The number of nitrogens with one attached hydrogen (secondary N) is 2. The van der Waals surface area contributed by atoms with E-state index in [1.165, 1.54) is 0 Å². The third-order valence-corrected chi connectivity index (χ3v) is 28.0. The number of carbonyl (C=O) groups excluding carboxylic acids is 2. The van der Waals surface area contributed by atoms with Gasteiger partial charge < -0.3 is 328 Å². The molecule has 0 saturated carbocycles. The predicted molar refractivity (Wildman–Crippen MR) is 451 cm³/mol. The Morgan fingerprint density at radius 3 is 0.700 bits per heavy atom. The van der Waals surface area contributed by atoms with Gasteiger partial charge >= 0.3 is 0 Å². The van der Waals surface area contributed by atoms with Gasteiger partial charge in [0, 0.05) is 13.8 Å². The molecule has 0 spiro atoms. The quantitative estimate of drug-likeness (QED) is 0.0272. The van der Waals surface area contributed by atoms with Crippen LogP contribution in [0.5, 0.6) is 0 Å². The molecule has 65 atom stereocenters. The normalized spacial score (nSPS) is 52.1. The molecule has 0 aromatic rings. The molecule has 0 aromatic heterocycles. The smallest absolute Gasteiger partial charge is 0.217 e. The first-order chi connectivity index (χ1) is 71.1. The van der Waals surface area contributed by atoms with Gasteiger partial charge in [0.1, 0.15) is 317 Å². The van der Waals surface area contributed by atoms with Crippen molar-refractivity contribution in [1.82, 2.24) is 10.6 Å². The Morgan fingerprint density at radius 1 is 0.173 bits per heavy atom. The van der Waals surface area contributed by atoms with Gasteiger partial charge in [-0.1, -0.05) is 0 Å². The lowest BCUT2D eigenvalue weighted by Crippen LogP contribution is -2.70. The standard InChI is InChI=1S/C82H138N2O66/c1-16(95)83-31-44(108)61(26(11-93)129-70(31)125)142-71-32(84-17(2)96)45(109)62(27(12-94)138-71)143-78-60(124)65(43(107)30(140-78)14-126-72-58(122)64(145-74-55(119)47(111)34(98)19(4-86)131-74)42(106)29(139-72)15-128-80-67(51(115)38(102)23(8-90)136-80)148-76-57(121)49(113)36(100)21(6-88)133-76)146-82-69(53(117)40(104)28(141-82)13-127-79-66(50(114)37(101)22(7-89)135-79)147-75-56(120)48(112)35(99)20(5-87)132-75)150-81-68(52(116)39(103)24(9-91)137-81)149-77-59(123)63(41(105)25(10-92)134-77)144-73-54(118)46(110)33(97)18(3-85)130-73/h18-82,85-94,97-125H,3-15H2,1-2H3,(H,83,95)(H,84,96)/t18-,19-,20-,21-,22-,23-,24-,25-,26-,27-,28-,29-,30-,31-,32-,33-,34-,35-,36-,37-,38-,39-,40-,41-,42-,43-,44-,45-,46+,47+,48+,49+,50+,51+,52+,53+,54+,55+,56+,57+,58+,59+,60+,61-,62-,63+,64+,65+,66+,67+,68+,69+,70?,71+,72+,73-,74-,75-,76-,77-,78+,79+,80+,81-,82-/m1/s1. The van der Waals surface area contributed by atoms with Gasteiger partial charge in [-0.25, -0.2) is 0 Å². The molecular formula is C82H138N2O66. The molecule has 68 nitrogen and oxygen atoms in total. The van der Waals surface area contributed by atoms with E-state index in [0.717, 1.165) is 13.8 Å². The fourth-order valence-electron chi connectivity index (χ4n) is 19.3. The van der Waals surface area contributed by atoms with E-state index in [1.54, 1.807) is 0 Å². The molecule has 13 saturated heterocycles. The summed E-state index contributed by atoms with van der Waals surface area (Å²) in [5.74, 6) is -1.92. The molecule has 0 radical (unpaired) electrons. The van der Waals surface area contributed by atoms with Crippen LogP contribution in [-0.4, -0.2) is 696 Å². The molecule has 872 valence electrons. The summed E-state index contributed by atoms with van der Waals surface area (Å²) in [6.45, 7) is -13.9. The first-order valence-electron chi connectivity index (χ1n) is 47.7. The molecular weight excluding hydrogens is 2070 g/mol. The maximum atomic E-state index is 13.3.